The van der Waals surface area contributed by atoms with Gasteiger partial charge in [0.25, 0.3) is 5.91 Å². The van der Waals surface area contributed by atoms with E-state index in [1.807, 2.05) is 4.90 Å². The zero-order valence-electron chi connectivity index (χ0n) is 10.4. The molecule has 1 amide bonds. The Morgan fingerprint density at radius 1 is 1.26 bits per heavy atom. The molecule has 102 valence electrons. The lowest BCUT2D eigenvalue weighted by Gasteiger charge is -2.37. The van der Waals surface area contributed by atoms with Crippen LogP contribution in [0.4, 0.5) is 0 Å². The molecule has 2 aliphatic heterocycles. The van der Waals surface area contributed by atoms with E-state index >= 15 is 0 Å². The standard InChI is InChI=1S/C14H15Br2NO2/c15-9-6-10-2-3-11(7-9)17(10)14(19)8-1-4-12(16)13(18)5-8/h1,4-5,9-11,18H,2-3,6-7H2. The first-order valence-corrected chi connectivity index (χ1v) is 8.22. The minimum absolute atomic E-state index is 0.0506. The highest BCUT2D eigenvalue weighted by Gasteiger charge is 2.42. The smallest absolute Gasteiger partial charge is 0.254 e. The molecule has 1 N–H and O–H groups in total. The number of nitrogens with zero attached hydrogens (tertiary/aromatic N) is 1. The molecule has 2 fully saturated rings. The zero-order valence-corrected chi connectivity index (χ0v) is 13.5. The van der Waals surface area contributed by atoms with Gasteiger partial charge in [0, 0.05) is 22.5 Å². The van der Waals surface area contributed by atoms with E-state index in [-0.39, 0.29) is 11.7 Å². The Morgan fingerprint density at radius 3 is 2.47 bits per heavy atom. The quantitative estimate of drug-likeness (QED) is 0.745. The number of phenolic OH excluding ortho intramolecular Hbond substituents is 1. The minimum atomic E-state index is 0.0506. The van der Waals surface area contributed by atoms with Crippen LogP contribution in [-0.2, 0) is 0 Å². The molecular formula is C14H15Br2NO2. The first-order valence-electron chi connectivity index (χ1n) is 6.51. The number of amides is 1. The van der Waals surface area contributed by atoms with Crippen LogP contribution < -0.4 is 0 Å². The summed E-state index contributed by atoms with van der Waals surface area (Å²) in [4.78, 5) is 15.2. The number of piperidine rings is 1. The van der Waals surface area contributed by atoms with Gasteiger partial charge in [-0.3, -0.25) is 4.79 Å². The SMILES string of the molecule is O=C(c1ccc(Br)c(O)c1)N1C2CCC1CC(Br)C2. The van der Waals surface area contributed by atoms with Crippen molar-refractivity contribution in [3.63, 3.8) is 0 Å². The lowest BCUT2D eigenvalue weighted by atomic mass is 10.0. The van der Waals surface area contributed by atoms with Gasteiger partial charge in [-0.25, -0.2) is 0 Å². The van der Waals surface area contributed by atoms with Gasteiger partial charge < -0.3 is 10.0 Å². The molecule has 0 aromatic heterocycles. The van der Waals surface area contributed by atoms with Crippen LogP contribution in [-0.4, -0.2) is 32.8 Å². The highest BCUT2D eigenvalue weighted by molar-refractivity contribution is 9.10. The second-order valence-electron chi connectivity index (χ2n) is 5.33. The summed E-state index contributed by atoms with van der Waals surface area (Å²) in [5.41, 5.74) is 0.575. The van der Waals surface area contributed by atoms with Crippen molar-refractivity contribution in [3.8, 4) is 5.75 Å². The summed E-state index contributed by atoms with van der Waals surface area (Å²) in [5, 5.41) is 9.71. The van der Waals surface area contributed by atoms with E-state index < -0.39 is 0 Å². The van der Waals surface area contributed by atoms with Crippen LogP contribution in [0.25, 0.3) is 0 Å². The van der Waals surface area contributed by atoms with Gasteiger partial charge in [-0.05, 0) is 59.8 Å². The first kappa shape index (κ1) is 13.4. The Balaban J connectivity index is 1.86. The second-order valence-corrected chi connectivity index (χ2v) is 7.48. The molecular weight excluding hydrogens is 374 g/mol. The molecule has 0 spiro atoms. The fourth-order valence-electron chi connectivity index (χ4n) is 3.24. The van der Waals surface area contributed by atoms with Gasteiger partial charge in [-0.15, -0.1) is 0 Å². The van der Waals surface area contributed by atoms with E-state index in [4.69, 9.17) is 0 Å². The summed E-state index contributed by atoms with van der Waals surface area (Å²) < 4.78 is 0.617. The maximum atomic E-state index is 12.6. The van der Waals surface area contributed by atoms with Crippen molar-refractivity contribution >= 4 is 37.8 Å². The lowest BCUT2D eigenvalue weighted by Crippen LogP contribution is -2.46. The molecule has 19 heavy (non-hydrogen) atoms. The van der Waals surface area contributed by atoms with Gasteiger partial charge in [0.2, 0.25) is 0 Å². The molecule has 2 heterocycles. The fourth-order valence-corrected chi connectivity index (χ4v) is 4.35. The van der Waals surface area contributed by atoms with Gasteiger partial charge in [0.1, 0.15) is 5.75 Å². The predicted molar refractivity (Wildman–Crippen MR) is 80.7 cm³/mol. The molecule has 5 heteroatoms. The topological polar surface area (TPSA) is 40.5 Å². The zero-order chi connectivity index (χ0) is 13.6. The Bertz CT molecular complexity index is 506. The van der Waals surface area contributed by atoms with E-state index in [1.165, 1.54) is 0 Å². The van der Waals surface area contributed by atoms with Gasteiger partial charge in [0.05, 0.1) is 4.47 Å². The van der Waals surface area contributed by atoms with Crippen LogP contribution in [0, 0.1) is 0 Å². The molecule has 2 bridgehead atoms. The molecule has 0 saturated carbocycles. The highest BCUT2D eigenvalue weighted by Crippen LogP contribution is 2.39. The number of carbonyl (C=O) groups is 1. The largest absolute Gasteiger partial charge is 0.507 e. The number of aromatic hydroxyl groups is 1. The molecule has 2 atom stereocenters. The van der Waals surface area contributed by atoms with E-state index in [0.29, 0.717) is 26.9 Å². The van der Waals surface area contributed by atoms with Crippen molar-refractivity contribution in [2.45, 2.75) is 42.6 Å². The molecule has 0 radical (unpaired) electrons. The Labute approximate surface area is 129 Å². The third-order valence-corrected chi connectivity index (χ3v) is 5.52. The van der Waals surface area contributed by atoms with Crippen molar-refractivity contribution in [2.24, 2.45) is 0 Å². The Morgan fingerprint density at radius 2 is 1.89 bits per heavy atom. The second kappa shape index (κ2) is 5.09. The van der Waals surface area contributed by atoms with Gasteiger partial charge >= 0.3 is 0 Å². The number of phenols is 1. The van der Waals surface area contributed by atoms with Crippen molar-refractivity contribution in [1.29, 1.82) is 0 Å². The average Bonchev–Trinajstić information content (AvgIpc) is 2.64. The van der Waals surface area contributed by atoms with Crippen LogP contribution in [0.1, 0.15) is 36.0 Å². The average molecular weight is 389 g/mol. The van der Waals surface area contributed by atoms with Crippen LogP contribution in [0.5, 0.6) is 5.75 Å². The van der Waals surface area contributed by atoms with Crippen LogP contribution in [0.2, 0.25) is 0 Å². The van der Waals surface area contributed by atoms with Crippen molar-refractivity contribution in [3.05, 3.63) is 28.2 Å². The summed E-state index contributed by atoms with van der Waals surface area (Å²) in [6, 6.07) is 5.74. The normalized spacial score (nSPS) is 29.6. The first-order chi connectivity index (χ1) is 9.06. The van der Waals surface area contributed by atoms with Crippen LogP contribution in [0.15, 0.2) is 22.7 Å². The lowest BCUT2D eigenvalue weighted by molar-refractivity contribution is 0.0603. The van der Waals surface area contributed by atoms with E-state index in [2.05, 4.69) is 31.9 Å². The highest BCUT2D eigenvalue weighted by atomic mass is 79.9. The molecule has 1 aromatic carbocycles. The number of alkyl halides is 1. The number of rotatable bonds is 1. The van der Waals surface area contributed by atoms with E-state index in [9.17, 15) is 9.90 Å². The summed E-state index contributed by atoms with van der Waals surface area (Å²) in [6.07, 6.45) is 4.26. The third kappa shape index (κ3) is 2.42. The van der Waals surface area contributed by atoms with Gasteiger partial charge in [-0.2, -0.15) is 0 Å². The van der Waals surface area contributed by atoms with E-state index in [1.54, 1.807) is 18.2 Å². The van der Waals surface area contributed by atoms with Gasteiger partial charge in [-0.1, -0.05) is 15.9 Å². The van der Waals surface area contributed by atoms with Gasteiger partial charge in [0.15, 0.2) is 0 Å². The molecule has 2 saturated heterocycles. The molecule has 0 aliphatic carbocycles. The summed E-state index contributed by atoms with van der Waals surface area (Å²) in [5.74, 6) is 0.170. The number of halogens is 2. The molecule has 1 aromatic rings. The number of benzene rings is 1. The van der Waals surface area contributed by atoms with Crippen LogP contribution in [0.3, 0.4) is 0 Å². The maximum Gasteiger partial charge on any atom is 0.254 e. The number of fused-ring (bicyclic) bond motifs is 2. The monoisotopic (exact) mass is 387 g/mol. The van der Waals surface area contributed by atoms with Crippen LogP contribution >= 0.6 is 31.9 Å². The predicted octanol–water partition coefficient (Wildman–Crippen LogP) is 3.69. The Hall–Kier alpha value is -0.550. The third-order valence-electron chi connectivity index (χ3n) is 4.10. The van der Waals surface area contributed by atoms with Crippen molar-refractivity contribution in [2.75, 3.05) is 0 Å². The van der Waals surface area contributed by atoms with Crippen molar-refractivity contribution < 1.29 is 9.90 Å². The summed E-state index contributed by atoms with van der Waals surface area (Å²) in [6.45, 7) is 0. The number of hydrogen-bond acceptors (Lipinski definition) is 2. The fraction of sp³-hybridized carbons (Fsp3) is 0.500. The summed E-state index contributed by atoms with van der Waals surface area (Å²) in [7, 11) is 0. The minimum Gasteiger partial charge on any atom is -0.507 e. The Kier molecular flexibility index (Phi) is 3.60. The molecule has 3 rings (SSSR count). The molecule has 3 nitrogen and oxygen atoms in total. The maximum absolute atomic E-state index is 12.6. The molecule has 2 aliphatic rings. The number of carbonyl (C=O) groups excluding carboxylic acids is 1. The van der Waals surface area contributed by atoms with Crippen molar-refractivity contribution in [1.82, 2.24) is 4.90 Å². The van der Waals surface area contributed by atoms with E-state index in [0.717, 1.165) is 25.7 Å². The summed E-state index contributed by atoms with van der Waals surface area (Å²) >= 11 is 6.92. The number of hydrogen-bond donors (Lipinski definition) is 1. The molecule has 2 unspecified atom stereocenters.